The molecule has 21 heavy (non-hydrogen) atoms. The molecule has 2 aromatic carbocycles. The normalized spacial score (nSPS) is 13.2. The maximum atomic E-state index is 13.5. The van der Waals surface area contributed by atoms with Crippen LogP contribution in [0.2, 0.25) is 0 Å². The van der Waals surface area contributed by atoms with E-state index in [1.807, 2.05) is 24.3 Å². The van der Waals surface area contributed by atoms with Gasteiger partial charge in [-0.25, -0.2) is 4.39 Å². The molecule has 0 aromatic heterocycles. The molecule has 1 N–H and O–H groups in total. The summed E-state index contributed by atoms with van der Waals surface area (Å²) < 4.78 is 13.5. The molecular weight excluding hydrogens is 283 g/mol. The molecule has 3 heteroatoms. The molecule has 0 aliphatic heterocycles. The van der Waals surface area contributed by atoms with Crippen molar-refractivity contribution >= 4 is 11.8 Å². The van der Waals surface area contributed by atoms with Crippen LogP contribution < -0.4 is 0 Å². The molecule has 0 saturated heterocycles. The number of aliphatic hydroxyl groups excluding tert-OH is 1. The highest BCUT2D eigenvalue weighted by Crippen LogP contribution is 2.28. The Hall–Kier alpha value is -1.32. The topological polar surface area (TPSA) is 20.2 Å². The number of thioether (sulfide) groups is 1. The van der Waals surface area contributed by atoms with Gasteiger partial charge in [-0.3, -0.25) is 0 Å². The second-order valence-corrected chi connectivity index (χ2v) is 7.19. The third-order valence-corrected chi connectivity index (χ3v) is 4.52. The number of aliphatic hydroxyl groups is 1. The Kier molecular flexibility index (Phi) is 5.07. The van der Waals surface area contributed by atoms with Gasteiger partial charge in [0.05, 0.1) is 6.10 Å². The molecule has 2 aromatic rings. The van der Waals surface area contributed by atoms with Crippen molar-refractivity contribution in [1.29, 1.82) is 0 Å². The van der Waals surface area contributed by atoms with Crippen LogP contribution in [-0.4, -0.2) is 10.9 Å². The minimum absolute atomic E-state index is 0.103. The third kappa shape index (κ3) is 4.32. The first kappa shape index (κ1) is 16.1. The van der Waals surface area contributed by atoms with Crippen LogP contribution >= 0.6 is 11.8 Å². The van der Waals surface area contributed by atoms with E-state index in [1.165, 1.54) is 23.4 Å². The molecule has 0 bridgehead atoms. The first-order chi connectivity index (χ1) is 9.88. The first-order valence-corrected chi connectivity index (χ1v) is 8.02. The molecule has 1 nitrogen and oxygen atoms in total. The highest BCUT2D eigenvalue weighted by atomic mass is 32.2. The average molecular weight is 304 g/mol. The minimum atomic E-state index is -0.594. The molecule has 0 heterocycles. The molecule has 1 unspecified atom stereocenters. The molecule has 2 rings (SSSR count). The second kappa shape index (κ2) is 6.63. The first-order valence-electron chi connectivity index (χ1n) is 7.04. The van der Waals surface area contributed by atoms with Crippen LogP contribution in [-0.2, 0) is 5.41 Å². The summed E-state index contributed by atoms with van der Waals surface area (Å²) in [6.45, 7) is 6.48. The fourth-order valence-corrected chi connectivity index (χ4v) is 2.94. The lowest BCUT2D eigenvalue weighted by Crippen LogP contribution is -2.11. The molecule has 0 aliphatic carbocycles. The van der Waals surface area contributed by atoms with Crippen molar-refractivity contribution < 1.29 is 9.50 Å². The van der Waals surface area contributed by atoms with Crippen molar-refractivity contribution in [2.24, 2.45) is 0 Å². The summed E-state index contributed by atoms with van der Waals surface area (Å²) in [5, 5.41) is 10.2. The molecule has 112 valence electrons. The molecule has 0 radical (unpaired) electrons. The lowest BCUT2D eigenvalue weighted by atomic mass is 9.86. The van der Waals surface area contributed by atoms with Crippen LogP contribution in [0.1, 0.15) is 38.0 Å². The van der Waals surface area contributed by atoms with Gasteiger partial charge in [0.1, 0.15) is 5.82 Å². The van der Waals surface area contributed by atoms with E-state index in [0.29, 0.717) is 10.6 Å². The molecule has 0 saturated carbocycles. The standard InChI is InChI=1S/C18H21FOS/c1-18(2,3)14-10-8-13(9-11-14)16(20)12-21-17-7-5-4-6-15(17)19/h4-11,16,20H,12H2,1-3H3. The Labute approximate surface area is 130 Å². The fraction of sp³-hybridized carbons (Fsp3) is 0.333. The summed E-state index contributed by atoms with van der Waals surface area (Å²) in [4.78, 5) is 0.572. The summed E-state index contributed by atoms with van der Waals surface area (Å²) >= 11 is 1.33. The SMILES string of the molecule is CC(C)(C)c1ccc(C(O)CSc2ccccc2F)cc1. The lowest BCUT2D eigenvalue weighted by Gasteiger charge is -2.20. The Morgan fingerprint density at radius 3 is 2.24 bits per heavy atom. The highest BCUT2D eigenvalue weighted by molar-refractivity contribution is 7.99. The predicted octanol–water partition coefficient (Wildman–Crippen LogP) is 4.95. The predicted molar refractivity (Wildman–Crippen MR) is 87.2 cm³/mol. The Morgan fingerprint density at radius 1 is 1.05 bits per heavy atom. The quantitative estimate of drug-likeness (QED) is 0.807. The van der Waals surface area contributed by atoms with E-state index in [-0.39, 0.29) is 11.2 Å². The van der Waals surface area contributed by atoms with E-state index < -0.39 is 6.10 Å². The van der Waals surface area contributed by atoms with Gasteiger partial charge in [0.2, 0.25) is 0 Å². The van der Waals surface area contributed by atoms with Crippen LogP contribution in [0, 0.1) is 5.82 Å². The van der Waals surface area contributed by atoms with Crippen molar-refractivity contribution in [3.05, 3.63) is 65.5 Å². The van der Waals surface area contributed by atoms with Crippen molar-refractivity contribution in [2.75, 3.05) is 5.75 Å². The average Bonchev–Trinajstić information content (AvgIpc) is 2.45. The number of rotatable bonds is 4. The zero-order valence-electron chi connectivity index (χ0n) is 12.6. The van der Waals surface area contributed by atoms with Gasteiger partial charge in [0.15, 0.2) is 0 Å². The zero-order valence-corrected chi connectivity index (χ0v) is 13.5. The van der Waals surface area contributed by atoms with Crippen LogP contribution in [0.4, 0.5) is 4.39 Å². The maximum Gasteiger partial charge on any atom is 0.136 e. The summed E-state index contributed by atoms with van der Waals surface area (Å²) in [7, 11) is 0. The van der Waals surface area contributed by atoms with E-state index >= 15 is 0 Å². The van der Waals surface area contributed by atoms with Crippen LogP contribution in [0.3, 0.4) is 0 Å². The van der Waals surface area contributed by atoms with Gasteiger partial charge >= 0.3 is 0 Å². The second-order valence-electron chi connectivity index (χ2n) is 6.13. The minimum Gasteiger partial charge on any atom is -0.388 e. The number of hydrogen-bond acceptors (Lipinski definition) is 2. The largest absolute Gasteiger partial charge is 0.388 e. The highest BCUT2D eigenvalue weighted by Gasteiger charge is 2.15. The zero-order chi connectivity index (χ0) is 15.5. The van der Waals surface area contributed by atoms with E-state index in [1.54, 1.807) is 18.2 Å². The van der Waals surface area contributed by atoms with Crippen molar-refractivity contribution in [3.8, 4) is 0 Å². The molecule has 1 atom stereocenters. The van der Waals surface area contributed by atoms with Crippen molar-refractivity contribution in [3.63, 3.8) is 0 Å². The summed E-state index contributed by atoms with van der Waals surface area (Å²) in [5.41, 5.74) is 2.21. The van der Waals surface area contributed by atoms with Crippen molar-refractivity contribution in [2.45, 2.75) is 37.2 Å². The van der Waals surface area contributed by atoms with E-state index in [2.05, 4.69) is 20.8 Å². The smallest absolute Gasteiger partial charge is 0.136 e. The van der Waals surface area contributed by atoms with Crippen LogP contribution in [0.25, 0.3) is 0 Å². The lowest BCUT2D eigenvalue weighted by molar-refractivity contribution is 0.204. The van der Waals surface area contributed by atoms with Gasteiger partial charge in [-0.2, -0.15) is 0 Å². The van der Waals surface area contributed by atoms with Gasteiger partial charge in [-0.15, -0.1) is 11.8 Å². The molecule has 0 aliphatic rings. The number of hydrogen-bond donors (Lipinski definition) is 1. The van der Waals surface area contributed by atoms with E-state index in [9.17, 15) is 9.50 Å². The Bertz CT molecular complexity index is 587. The Balaban J connectivity index is 2.01. The van der Waals surface area contributed by atoms with E-state index in [0.717, 1.165) is 5.56 Å². The summed E-state index contributed by atoms with van der Waals surface area (Å²) in [6.07, 6.45) is -0.594. The number of benzene rings is 2. The number of halogens is 1. The molecule has 0 amide bonds. The molecule has 0 fully saturated rings. The summed E-state index contributed by atoms with van der Waals surface area (Å²) in [5.74, 6) is 0.202. The van der Waals surface area contributed by atoms with Gasteiger partial charge < -0.3 is 5.11 Å². The van der Waals surface area contributed by atoms with Gasteiger partial charge in [-0.05, 0) is 28.7 Å². The van der Waals surface area contributed by atoms with Crippen LogP contribution in [0.5, 0.6) is 0 Å². The fourth-order valence-electron chi connectivity index (χ4n) is 2.03. The molecular formula is C18H21FOS. The molecule has 0 spiro atoms. The third-order valence-electron chi connectivity index (χ3n) is 3.39. The van der Waals surface area contributed by atoms with Gasteiger partial charge in [0, 0.05) is 10.6 Å². The monoisotopic (exact) mass is 304 g/mol. The maximum absolute atomic E-state index is 13.5. The van der Waals surface area contributed by atoms with E-state index in [4.69, 9.17) is 0 Å². The summed E-state index contributed by atoms with van der Waals surface area (Å²) in [6, 6.07) is 14.6. The van der Waals surface area contributed by atoms with Gasteiger partial charge in [-0.1, -0.05) is 57.2 Å². The van der Waals surface area contributed by atoms with Gasteiger partial charge in [0.25, 0.3) is 0 Å². The van der Waals surface area contributed by atoms with Crippen LogP contribution in [0.15, 0.2) is 53.4 Å². The Morgan fingerprint density at radius 2 is 1.67 bits per heavy atom. The van der Waals surface area contributed by atoms with Crippen molar-refractivity contribution in [1.82, 2.24) is 0 Å².